The first kappa shape index (κ1) is 14.7. The number of ether oxygens (including phenoxy) is 1. The molecule has 2 aliphatic rings. The average Bonchev–Trinajstić information content (AvgIpc) is 3.23. The summed E-state index contributed by atoms with van der Waals surface area (Å²) in [5.74, 6) is 1.77. The lowest BCUT2D eigenvalue weighted by atomic mass is 9.95. The van der Waals surface area contributed by atoms with E-state index in [0.717, 1.165) is 56.7 Å². The number of imidazole rings is 1. The molecule has 2 saturated heterocycles. The molecule has 0 bridgehead atoms. The van der Waals surface area contributed by atoms with Crippen molar-refractivity contribution in [2.45, 2.75) is 37.7 Å². The number of fused-ring (bicyclic) bond motifs is 1. The molecule has 2 aromatic rings. The van der Waals surface area contributed by atoms with Crippen LogP contribution in [0.1, 0.15) is 37.4 Å². The van der Waals surface area contributed by atoms with E-state index in [4.69, 9.17) is 9.72 Å². The molecule has 3 heterocycles. The molecule has 0 unspecified atom stereocenters. The predicted molar refractivity (Wildman–Crippen MR) is 88.2 cm³/mol. The zero-order valence-corrected chi connectivity index (χ0v) is 13.6. The number of carbonyl (C=O) groups is 1. The smallest absolute Gasteiger partial charge is 0.251 e. The highest BCUT2D eigenvalue weighted by atomic mass is 16.5. The molecule has 5 heteroatoms. The van der Waals surface area contributed by atoms with Crippen LogP contribution in [0.3, 0.4) is 0 Å². The zero-order valence-electron chi connectivity index (χ0n) is 13.6. The van der Waals surface area contributed by atoms with Crippen LogP contribution in [0.2, 0.25) is 0 Å². The summed E-state index contributed by atoms with van der Waals surface area (Å²) in [6.45, 7) is 2.35. The molecular formula is C18H23N3O2. The molecule has 23 heavy (non-hydrogen) atoms. The second-order valence-electron chi connectivity index (χ2n) is 6.62. The van der Waals surface area contributed by atoms with Crippen LogP contribution in [-0.4, -0.2) is 46.2 Å². The van der Waals surface area contributed by atoms with Gasteiger partial charge < -0.3 is 14.2 Å². The van der Waals surface area contributed by atoms with Crippen LogP contribution in [0.4, 0.5) is 0 Å². The fourth-order valence-electron chi connectivity index (χ4n) is 3.86. The van der Waals surface area contributed by atoms with Crippen LogP contribution in [0.15, 0.2) is 24.3 Å². The van der Waals surface area contributed by atoms with Gasteiger partial charge in [0.05, 0.1) is 11.0 Å². The van der Waals surface area contributed by atoms with Gasteiger partial charge in [0.2, 0.25) is 0 Å². The Bertz CT molecular complexity index is 710. The summed E-state index contributed by atoms with van der Waals surface area (Å²) in [5.41, 5.74) is 2.24. The van der Waals surface area contributed by atoms with Gasteiger partial charge in [0.1, 0.15) is 11.9 Å². The van der Waals surface area contributed by atoms with E-state index in [0.29, 0.717) is 5.92 Å². The van der Waals surface area contributed by atoms with Crippen molar-refractivity contribution >= 4 is 16.9 Å². The van der Waals surface area contributed by atoms with Crippen molar-refractivity contribution in [3.05, 3.63) is 30.1 Å². The molecule has 122 valence electrons. The third kappa shape index (κ3) is 2.63. The van der Waals surface area contributed by atoms with Crippen LogP contribution in [0.5, 0.6) is 0 Å². The topological polar surface area (TPSA) is 47.4 Å². The van der Waals surface area contributed by atoms with E-state index in [1.54, 1.807) is 0 Å². The third-order valence-corrected chi connectivity index (χ3v) is 5.20. The lowest BCUT2D eigenvalue weighted by Gasteiger charge is -2.33. The van der Waals surface area contributed by atoms with Gasteiger partial charge in [-0.15, -0.1) is 0 Å². The maximum atomic E-state index is 12.4. The summed E-state index contributed by atoms with van der Waals surface area (Å²) < 4.78 is 7.74. The SMILES string of the molecule is Cn1c(C2CCN(C(=O)[C@@H]3CCCO3)CC2)nc2ccccc21. The summed E-state index contributed by atoms with van der Waals surface area (Å²) >= 11 is 0. The van der Waals surface area contributed by atoms with E-state index in [1.165, 1.54) is 5.52 Å². The molecule has 2 aliphatic heterocycles. The minimum absolute atomic E-state index is 0.186. The first-order valence-electron chi connectivity index (χ1n) is 8.56. The first-order valence-corrected chi connectivity index (χ1v) is 8.56. The zero-order chi connectivity index (χ0) is 15.8. The molecular weight excluding hydrogens is 290 g/mol. The molecule has 4 rings (SSSR count). The highest BCUT2D eigenvalue weighted by Gasteiger charge is 2.32. The summed E-state index contributed by atoms with van der Waals surface area (Å²) in [6.07, 6.45) is 3.66. The molecule has 5 nitrogen and oxygen atoms in total. The Hall–Kier alpha value is -1.88. The number of rotatable bonds is 2. The monoisotopic (exact) mass is 313 g/mol. The van der Waals surface area contributed by atoms with Crippen LogP contribution < -0.4 is 0 Å². The third-order valence-electron chi connectivity index (χ3n) is 5.20. The molecule has 0 N–H and O–H groups in total. The van der Waals surface area contributed by atoms with Gasteiger partial charge in [-0.25, -0.2) is 4.98 Å². The number of piperidine rings is 1. The number of likely N-dealkylation sites (tertiary alicyclic amines) is 1. The number of benzene rings is 1. The maximum absolute atomic E-state index is 12.4. The second-order valence-corrected chi connectivity index (χ2v) is 6.62. The van der Waals surface area contributed by atoms with Gasteiger partial charge in [0.15, 0.2) is 0 Å². The number of aromatic nitrogens is 2. The van der Waals surface area contributed by atoms with E-state index in [1.807, 2.05) is 11.0 Å². The molecule has 0 aliphatic carbocycles. The van der Waals surface area contributed by atoms with E-state index in [-0.39, 0.29) is 12.0 Å². The number of aryl methyl sites for hydroxylation is 1. The fraction of sp³-hybridized carbons (Fsp3) is 0.556. The van der Waals surface area contributed by atoms with E-state index >= 15 is 0 Å². The van der Waals surface area contributed by atoms with Gasteiger partial charge >= 0.3 is 0 Å². The van der Waals surface area contributed by atoms with Crippen molar-refractivity contribution in [3.8, 4) is 0 Å². The Balaban J connectivity index is 1.46. The molecule has 2 fully saturated rings. The molecule has 0 spiro atoms. The normalized spacial score (nSPS) is 22.8. The number of para-hydroxylation sites is 2. The number of hydrogen-bond acceptors (Lipinski definition) is 3. The average molecular weight is 313 g/mol. The maximum Gasteiger partial charge on any atom is 0.251 e. The molecule has 0 saturated carbocycles. The fourth-order valence-corrected chi connectivity index (χ4v) is 3.86. The molecule has 1 aromatic carbocycles. The molecule has 1 aromatic heterocycles. The highest BCUT2D eigenvalue weighted by Crippen LogP contribution is 2.30. The van der Waals surface area contributed by atoms with Crippen LogP contribution in [-0.2, 0) is 16.6 Å². The lowest BCUT2D eigenvalue weighted by Crippen LogP contribution is -2.43. The van der Waals surface area contributed by atoms with Gasteiger partial charge in [-0.1, -0.05) is 12.1 Å². The van der Waals surface area contributed by atoms with Gasteiger partial charge in [0, 0.05) is 32.7 Å². The van der Waals surface area contributed by atoms with E-state index in [2.05, 4.69) is 29.8 Å². The predicted octanol–water partition coefficient (Wildman–Crippen LogP) is 2.46. The summed E-state index contributed by atoms with van der Waals surface area (Å²) in [7, 11) is 2.09. The highest BCUT2D eigenvalue weighted by molar-refractivity contribution is 5.81. The van der Waals surface area contributed by atoms with Crippen molar-refractivity contribution in [2.24, 2.45) is 7.05 Å². The Morgan fingerprint density at radius 3 is 2.70 bits per heavy atom. The Labute approximate surface area is 136 Å². The van der Waals surface area contributed by atoms with Crippen molar-refractivity contribution in [3.63, 3.8) is 0 Å². The van der Waals surface area contributed by atoms with Gasteiger partial charge in [-0.05, 0) is 37.8 Å². The van der Waals surface area contributed by atoms with Crippen molar-refractivity contribution in [1.82, 2.24) is 14.5 Å². The van der Waals surface area contributed by atoms with E-state index in [9.17, 15) is 4.79 Å². The standard InChI is InChI=1S/C18H23N3O2/c1-20-15-6-3-2-5-14(15)19-17(20)13-8-10-21(11-9-13)18(22)16-7-4-12-23-16/h2-3,5-6,13,16H,4,7-12H2,1H3/t16-/m0/s1. The summed E-state index contributed by atoms with van der Waals surface area (Å²) in [5, 5.41) is 0. The van der Waals surface area contributed by atoms with Crippen LogP contribution in [0, 0.1) is 0 Å². The van der Waals surface area contributed by atoms with Crippen molar-refractivity contribution < 1.29 is 9.53 Å². The number of carbonyl (C=O) groups excluding carboxylic acids is 1. The number of nitrogens with zero attached hydrogens (tertiary/aromatic N) is 3. The Morgan fingerprint density at radius 2 is 2.00 bits per heavy atom. The number of amides is 1. The first-order chi connectivity index (χ1) is 11.2. The molecule has 1 amide bonds. The van der Waals surface area contributed by atoms with Crippen molar-refractivity contribution in [2.75, 3.05) is 19.7 Å². The summed E-state index contributed by atoms with van der Waals surface area (Å²) in [4.78, 5) is 19.2. The largest absolute Gasteiger partial charge is 0.368 e. The summed E-state index contributed by atoms with van der Waals surface area (Å²) in [6, 6.07) is 8.26. The molecule has 1 atom stereocenters. The minimum Gasteiger partial charge on any atom is -0.368 e. The quantitative estimate of drug-likeness (QED) is 0.855. The second kappa shape index (κ2) is 5.96. The van der Waals surface area contributed by atoms with E-state index < -0.39 is 0 Å². The Kier molecular flexibility index (Phi) is 3.81. The Morgan fingerprint density at radius 1 is 1.22 bits per heavy atom. The van der Waals surface area contributed by atoms with Gasteiger partial charge in [0.25, 0.3) is 5.91 Å². The lowest BCUT2D eigenvalue weighted by molar-refractivity contribution is -0.142. The number of hydrogen-bond donors (Lipinski definition) is 0. The molecule has 0 radical (unpaired) electrons. The van der Waals surface area contributed by atoms with Gasteiger partial charge in [-0.2, -0.15) is 0 Å². The minimum atomic E-state index is -0.192. The van der Waals surface area contributed by atoms with Crippen LogP contribution >= 0.6 is 0 Å². The van der Waals surface area contributed by atoms with Gasteiger partial charge in [-0.3, -0.25) is 4.79 Å². The van der Waals surface area contributed by atoms with Crippen molar-refractivity contribution in [1.29, 1.82) is 0 Å². The van der Waals surface area contributed by atoms with Crippen LogP contribution in [0.25, 0.3) is 11.0 Å².